The molecule has 1 heterocycles. The van der Waals surface area contributed by atoms with E-state index in [9.17, 15) is 0 Å². The maximum atomic E-state index is 8.90. The van der Waals surface area contributed by atoms with Gasteiger partial charge in [0.2, 0.25) is 0 Å². The molecule has 1 aromatic heterocycles. The maximum absolute atomic E-state index is 8.90. The van der Waals surface area contributed by atoms with Crippen molar-refractivity contribution in [1.82, 2.24) is 10.2 Å². The average Bonchev–Trinajstić information content (AvgIpc) is 2.08. The monoisotopic (exact) mass is 186 g/mol. The maximum Gasteiger partial charge on any atom is 0.155 e. The zero-order valence-corrected chi connectivity index (χ0v) is 7.84. The molecule has 0 saturated carbocycles. The number of hydrogen-bond acceptors (Lipinski definition) is 3. The highest BCUT2D eigenvalue weighted by molar-refractivity contribution is 6.30. The summed E-state index contributed by atoms with van der Waals surface area (Å²) in [5.41, 5.74) is 1.67. The Morgan fingerprint density at radius 2 is 2.25 bits per heavy atom. The van der Waals surface area contributed by atoms with Crippen LogP contribution in [0.15, 0.2) is 6.07 Å². The van der Waals surface area contributed by atoms with Crippen LogP contribution in [0.1, 0.15) is 24.1 Å². The molecule has 1 aromatic rings. The Kier molecular flexibility index (Phi) is 3.00. The summed E-state index contributed by atoms with van der Waals surface area (Å²) in [6, 6.07) is 1.84. The lowest BCUT2D eigenvalue weighted by Crippen LogP contribution is -2.02. The van der Waals surface area contributed by atoms with Crippen molar-refractivity contribution < 1.29 is 5.11 Å². The molecule has 0 aliphatic rings. The summed E-state index contributed by atoms with van der Waals surface area (Å²) in [4.78, 5) is 0. The van der Waals surface area contributed by atoms with Crippen molar-refractivity contribution in [2.24, 2.45) is 0 Å². The van der Waals surface area contributed by atoms with Crippen LogP contribution in [0, 0.1) is 6.92 Å². The lowest BCUT2D eigenvalue weighted by atomic mass is 10.0. The van der Waals surface area contributed by atoms with Crippen LogP contribution in [0.25, 0.3) is 0 Å². The zero-order chi connectivity index (χ0) is 9.14. The van der Waals surface area contributed by atoms with Crippen molar-refractivity contribution in [3.63, 3.8) is 0 Å². The molecule has 0 fully saturated rings. The molecular formula is C8H11ClN2O. The molecule has 4 heteroatoms. The highest BCUT2D eigenvalue weighted by atomic mass is 35.5. The van der Waals surface area contributed by atoms with Gasteiger partial charge >= 0.3 is 0 Å². The molecule has 1 rings (SSSR count). The Morgan fingerprint density at radius 1 is 1.58 bits per heavy atom. The number of aliphatic hydroxyl groups is 1. The first-order valence-corrected chi connectivity index (χ1v) is 4.13. The first-order valence-electron chi connectivity index (χ1n) is 3.75. The second-order valence-electron chi connectivity index (χ2n) is 2.82. The van der Waals surface area contributed by atoms with Crippen LogP contribution in [0.5, 0.6) is 0 Å². The summed E-state index contributed by atoms with van der Waals surface area (Å²) in [5.74, 6) is 0.0201. The molecule has 0 aliphatic carbocycles. The highest BCUT2D eigenvalue weighted by Crippen LogP contribution is 2.21. The Balaban J connectivity index is 3.04. The van der Waals surface area contributed by atoms with Gasteiger partial charge < -0.3 is 5.11 Å². The molecule has 1 N–H and O–H groups in total. The molecule has 3 nitrogen and oxygen atoms in total. The summed E-state index contributed by atoms with van der Waals surface area (Å²) in [6.45, 7) is 3.81. The number of aromatic nitrogens is 2. The molecule has 0 aromatic carbocycles. The van der Waals surface area contributed by atoms with Gasteiger partial charge in [-0.3, -0.25) is 0 Å². The van der Waals surface area contributed by atoms with Crippen molar-refractivity contribution in [3.05, 3.63) is 22.5 Å². The minimum atomic E-state index is 0.0201. The van der Waals surface area contributed by atoms with E-state index in [0.29, 0.717) is 5.15 Å². The molecule has 1 unspecified atom stereocenters. The van der Waals surface area contributed by atoms with Crippen molar-refractivity contribution in [3.8, 4) is 0 Å². The molecule has 0 bridgehead atoms. The van der Waals surface area contributed by atoms with E-state index < -0.39 is 0 Å². The van der Waals surface area contributed by atoms with E-state index >= 15 is 0 Å². The second-order valence-corrected chi connectivity index (χ2v) is 3.17. The van der Waals surface area contributed by atoms with Gasteiger partial charge in [-0.05, 0) is 18.6 Å². The summed E-state index contributed by atoms with van der Waals surface area (Å²) in [6.07, 6.45) is 0. The smallest absolute Gasteiger partial charge is 0.155 e. The Bertz CT molecular complexity index is 278. The summed E-state index contributed by atoms with van der Waals surface area (Å²) < 4.78 is 0. The lowest BCUT2D eigenvalue weighted by molar-refractivity contribution is 0.273. The largest absolute Gasteiger partial charge is 0.396 e. The second kappa shape index (κ2) is 3.83. The standard InChI is InChI=1S/C8H11ClN2O/c1-5(4-12)7-3-6(2)10-11-8(7)9/h3,5,12H,4H2,1-2H3. The van der Waals surface area contributed by atoms with Crippen LogP contribution in [0.4, 0.5) is 0 Å². The van der Waals surface area contributed by atoms with Gasteiger partial charge in [0.25, 0.3) is 0 Å². The summed E-state index contributed by atoms with van der Waals surface area (Å²) in [5, 5.41) is 16.8. The minimum absolute atomic E-state index is 0.0201. The Labute approximate surface area is 76.4 Å². The Morgan fingerprint density at radius 3 is 2.83 bits per heavy atom. The first kappa shape index (κ1) is 9.42. The predicted molar refractivity (Wildman–Crippen MR) is 47.3 cm³/mol. The van der Waals surface area contributed by atoms with Crippen molar-refractivity contribution >= 4 is 11.6 Å². The van der Waals surface area contributed by atoms with E-state index in [1.807, 2.05) is 19.9 Å². The van der Waals surface area contributed by atoms with E-state index in [4.69, 9.17) is 16.7 Å². The average molecular weight is 187 g/mol. The fraction of sp³-hybridized carbons (Fsp3) is 0.500. The number of nitrogens with zero attached hydrogens (tertiary/aromatic N) is 2. The Hall–Kier alpha value is -0.670. The third-order valence-corrected chi connectivity index (χ3v) is 2.00. The number of rotatable bonds is 2. The van der Waals surface area contributed by atoms with Crippen molar-refractivity contribution in [1.29, 1.82) is 0 Å². The normalized spacial score (nSPS) is 13.0. The SMILES string of the molecule is Cc1cc(C(C)CO)c(Cl)nn1. The van der Waals surface area contributed by atoms with Gasteiger partial charge in [-0.2, -0.15) is 5.10 Å². The van der Waals surface area contributed by atoms with Gasteiger partial charge in [0.05, 0.1) is 5.69 Å². The molecule has 0 spiro atoms. The highest BCUT2D eigenvalue weighted by Gasteiger charge is 2.10. The van der Waals surface area contributed by atoms with Crippen LogP contribution in [-0.4, -0.2) is 21.9 Å². The molecule has 12 heavy (non-hydrogen) atoms. The van der Waals surface area contributed by atoms with E-state index in [-0.39, 0.29) is 12.5 Å². The fourth-order valence-electron chi connectivity index (χ4n) is 0.938. The van der Waals surface area contributed by atoms with E-state index in [2.05, 4.69) is 10.2 Å². The van der Waals surface area contributed by atoms with Crippen LogP contribution in [0.2, 0.25) is 5.15 Å². The molecular weight excluding hydrogens is 176 g/mol. The van der Waals surface area contributed by atoms with Gasteiger partial charge in [-0.25, -0.2) is 0 Å². The van der Waals surface area contributed by atoms with E-state index in [1.54, 1.807) is 0 Å². The fourth-order valence-corrected chi connectivity index (χ4v) is 1.22. The number of halogens is 1. The molecule has 0 amide bonds. The van der Waals surface area contributed by atoms with Crippen molar-refractivity contribution in [2.75, 3.05) is 6.61 Å². The van der Waals surface area contributed by atoms with Crippen LogP contribution in [0.3, 0.4) is 0 Å². The zero-order valence-electron chi connectivity index (χ0n) is 7.08. The molecule has 66 valence electrons. The summed E-state index contributed by atoms with van der Waals surface area (Å²) in [7, 11) is 0. The van der Waals surface area contributed by atoms with Gasteiger partial charge in [0.15, 0.2) is 5.15 Å². The van der Waals surface area contributed by atoms with Gasteiger partial charge in [0, 0.05) is 12.5 Å². The summed E-state index contributed by atoms with van der Waals surface area (Å²) >= 11 is 5.79. The third-order valence-electron chi connectivity index (χ3n) is 1.70. The van der Waals surface area contributed by atoms with Crippen LogP contribution >= 0.6 is 11.6 Å². The van der Waals surface area contributed by atoms with Crippen LogP contribution < -0.4 is 0 Å². The van der Waals surface area contributed by atoms with Gasteiger partial charge in [0.1, 0.15) is 0 Å². The van der Waals surface area contributed by atoms with E-state index in [1.165, 1.54) is 0 Å². The van der Waals surface area contributed by atoms with E-state index in [0.717, 1.165) is 11.3 Å². The molecule has 1 atom stereocenters. The number of hydrogen-bond donors (Lipinski definition) is 1. The quantitative estimate of drug-likeness (QED) is 0.762. The molecule has 0 radical (unpaired) electrons. The minimum Gasteiger partial charge on any atom is -0.396 e. The first-order chi connectivity index (χ1) is 5.65. The third kappa shape index (κ3) is 1.93. The van der Waals surface area contributed by atoms with Crippen LogP contribution in [-0.2, 0) is 0 Å². The lowest BCUT2D eigenvalue weighted by Gasteiger charge is -2.08. The molecule has 0 saturated heterocycles. The van der Waals surface area contributed by atoms with Gasteiger partial charge in [-0.1, -0.05) is 18.5 Å². The molecule has 0 aliphatic heterocycles. The van der Waals surface area contributed by atoms with Gasteiger partial charge in [-0.15, -0.1) is 5.10 Å². The van der Waals surface area contributed by atoms with Crippen molar-refractivity contribution in [2.45, 2.75) is 19.8 Å². The topological polar surface area (TPSA) is 46.0 Å². The number of aliphatic hydroxyl groups excluding tert-OH is 1. The predicted octanol–water partition coefficient (Wildman–Crippen LogP) is 1.53. The number of aryl methyl sites for hydroxylation is 1.